The third-order valence-corrected chi connectivity index (χ3v) is 3.79. The lowest BCUT2D eigenvalue weighted by molar-refractivity contribution is -0.137. The number of nitrogens with zero attached hydrogens (tertiary/aromatic N) is 2. The van der Waals surface area contributed by atoms with E-state index in [4.69, 9.17) is 5.11 Å². The average Bonchev–Trinajstić information content (AvgIpc) is 2.82. The fraction of sp³-hybridized carbons (Fsp3) is 0.385. The standard InChI is InChI=1S/C13H16N2O2S/c1-8-6-11(12-7-18-10(3)14-12)9(2)15(8)5-4-13(16)17/h6-7H,4-5H2,1-3H3,(H,16,17). The van der Waals surface area contributed by atoms with Crippen LogP contribution >= 0.6 is 11.3 Å². The summed E-state index contributed by atoms with van der Waals surface area (Å²) < 4.78 is 2.04. The first-order valence-corrected chi connectivity index (χ1v) is 6.68. The predicted molar refractivity (Wildman–Crippen MR) is 72.0 cm³/mol. The Bertz CT molecular complexity index is 584. The Kier molecular flexibility index (Phi) is 3.52. The van der Waals surface area contributed by atoms with E-state index >= 15 is 0 Å². The summed E-state index contributed by atoms with van der Waals surface area (Å²) in [6.07, 6.45) is 0.145. The molecule has 0 aliphatic rings. The number of aliphatic carboxylic acids is 1. The number of carboxylic acids is 1. The van der Waals surface area contributed by atoms with Crippen molar-refractivity contribution in [3.05, 3.63) is 27.8 Å². The molecule has 0 aromatic carbocycles. The molecule has 0 saturated heterocycles. The van der Waals surface area contributed by atoms with Gasteiger partial charge in [-0.15, -0.1) is 11.3 Å². The zero-order valence-corrected chi connectivity index (χ0v) is 11.5. The Morgan fingerprint density at radius 2 is 2.17 bits per heavy atom. The maximum absolute atomic E-state index is 10.7. The third-order valence-electron chi connectivity index (χ3n) is 3.02. The van der Waals surface area contributed by atoms with Crippen LogP contribution in [0.5, 0.6) is 0 Å². The van der Waals surface area contributed by atoms with Crippen molar-refractivity contribution in [2.45, 2.75) is 33.7 Å². The second kappa shape index (κ2) is 4.94. The maximum atomic E-state index is 10.7. The van der Waals surface area contributed by atoms with Crippen LogP contribution in [0.4, 0.5) is 0 Å². The number of rotatable bonds is 4. The molecule has 0 fully saturated rings. The normalized spacial score (nSPS) is 10.8. The smallest absolute Gasteiger partial charge is 0.305 e. The van der Waals surface area contributed by atoms with Gasteiger partial charge in [-0.05, 0) is 26.8 Å². The molecule has 5 heteroatoms. The molecule has 4 nitrogen and oxygen atoms in total. The van der Waals surface area contributed by atoms with Crippen LogP contribution in [0, 0.1) is 20.8 Å². The summed E-state index contributed by atoms with van der Waals surface area (Å²) in [7, 11) is 0. The van der Waals surface area contributed by atoms with E-state index in [-0.39, 0.29) is 6.42 Å². The third kappa shape index (κ3) is 2.46. The fourth-order valence-electron chi connectivity index (χ4n) is 2.10. The van der Waals surface area contributed by atoms with Gasteiger partial charge in [0.2, 0.25) is 0 Å². The first kappa shape index (κ1) is 12.8. The van der Waals surface area contributed by atoms with Gasteiger partial charge in [0, 0.05) is 28.9 Å². The molecule has 0 aliphatic heterocycles. The van der Waals surface area contributed by atoms with Gasteiger partial charge in [-0.1, -0.05) is 0 Å². The molecule has 0 radical (unpaired) electrons. The van der Waals surface area contributed by atoms with Gasteiger partial charge >= 0.3 is 5.97 Å². The molecule has 0 bridgehead atoms. The van der Waals surface area contributed by atoms with Crippen molar-refractivity contribution < 1.29 is 9.90 Å². The molecule has 2 rings (SSSR count). The van der Waals surface area contributed by atoms with Crippen molar-refractivity contribution >= 4 is 17.3 Å². The summed E-state index contributed by atoms with van der Waals surface area (Å²) in [6.45, 7) is 6.50. The summed E-state index contributed by atoms with van der Waals surface area (Å²) in [6, 6.07) is 2.08. The topological polar surface area (TPSA) is 55.1 Å². The molecule has 0 spiro atoms. The van der Waals surface area contributed by atoms with E-state index in [0.29, 0.717) is 6.54 Å². The van der Waals surface area contributed by atoms with Crippen LogP contribution < -0.4 is 0 Å². The second-order valence-electron chi connectivity index (χ2n) is 4.33. The van der Waals surface area contributed by atoms with Gasteiger partial charge in [0.05, 0.1) is 17.1 Å². The van der Waals surface area contributed by atoms with E-state index < -0.39 is 5.97 Å². The molecule has 0 aliphatic carbocycles. The molecule has 2 heterocycles. The average molecular weight is 264 g/mol. The zero-order valence-electron chi connectivity index (χ0n) is 10.7. The van der Waals surface area contributed by atoms with Crippen molar-refractivity contribution in [2.75, 3.05) is 0 Å². The molecule has 0 amide bonds. The molecule has 0 saturated carbocycles. The summed E-state index contributed by atoms with van der Waals surface area (Å²) in [5.74, 6) is -0.770. The van der Waals surface area contributed by atoms with Gasteiger partial charge in [0.1, 0.15) is 0 Å². The number of hydrogen-bond donors (Lipinski definition) is 1. The highest BCUT2D eigenvalue weighted by Gasteiger charge is 2.13. The Morgan fingerprint density at radius 3 is 2.72 bits per heavy atom. The summed E-state index contributed by atoms with van der Waals surface area (Å²) in [5, 5.41) is 11.8. The van der Waals surface area contributed by atoms with Crippen molar-refractivity contribution in [2.24, 2.45) is 0 Å². The minimum absolute atomic E-state index is 0.145. The van der Waals surface area contributed by atoms with Crippen LogP contribution in [0.2, 0.25) is 0 Å². The van der Waals surface area contributed by atoms with Gasteiger partial charge < -0.3 is 9.67 Å². The summed E-state index contributed by atoms with van der Waals surface area (Å²) in [4.78, 5) is 15.1. The molecular formula is C13H16N2O2S. The Labute approximate surface area is 110 Å². The van der Waals surface area contributed by atoms with Gasteiger partial charge in [-0.3, -0.25) is 4.79 Å². The van der Waals surface area contributed by atoms with E-state index in [9.17, 15) is 4.79 Å². The van der Waals surface area contributed by atoms with E-state index in [2.05, 4.69) is 11.1 Å². The maximum Gasteiger partial charge on any atom is 0.305 e. The van der Waals surface area contributed by atoms with Crippen LogP contribution in [-0.2, 0) is 11.3 Å². The quantitative estimate of drug-likeness (QED) is 0.923. The minimum Gasteiger partial charge on any atom is -0.481 e. The molecule has 2 aromatic heterocycles. The number of aryl methyl sites for hydroxylation is 2. The Morgan fingerprint density at radius 1 is 1.44 bits per heavy atom. The molecule has 1 N–H and O–H groups in total. The van der Waals surface area contributed by atoms with Gasteiger partial charge in [0.25, 0.3) is 0 Å². The number of carboxylic acid groups (broad SMARTS) is 1. The first-order chi connectivity index (χ1) is 8.49. The van der Waals surface area contributed by atoms with Crippen LogP contribution in [0.3, 0.4) is 0 Å². The lowest BCUT2D eigenvalue weighted by atomic mass is 10.2. The lowest BCUT2D eigenvalue weighted by Gasteiger charge is -2.07. The van der Waals surface area contributed by atoms with Crippen molar-refractivity contribution in [3.63, 3.8) is 0 Å². The largest absolute Gasteiger partial charge is 0.481 e. The molecule has 96 valence electrons. The highest BCUT2D eigenvalue weighted by atomic mass is 32.1. The second-order valence-corrected chi connectivity index (χ2v) is 5.39. The molecule has 18 heavy (non-hydrogen) atoms. The van der Waals surface area contributed by atoms with Crippen molar-refractivity contribution in [1.82, 2.24) is 9.55 Å². The van der Waals surface area contributed by atoms with Gasteiger partial charge in [0.15, 0.2) is 0 Å². The van der Waals surface area contributed by atoms with Gasteiger partial charge in [-0.2, -0.15) is 0 Å². The molecule has 2 aromatic rings. The van der Waals surface area contributed by atoms with E-state index in [1.807, 2.05) is 30.7 Å². The zero-order chi connectivity index (χ0) is 13.3. The monoisotopic (exact) mass is 264 g/mol. The SMILES string of the molecule is Cc1nc(-c2cc(C)n(CCC(=O)O)c2C)cs1. The van der Waals surface area contributed by atoms with Crippen molar-refractivity contribution in [1.29, 1.82) is 0 Å². The summed E-state index contributed by atoms with van der Waals surface area (Å²) in [5.41, 5.74) is 4.24. The minimum atomic E-state index is -0.770. The Hall–Kier alpha value is -1.62. The van der Waals surface area contributed by atoms with Crippen LogP contribution in [0.1, 0.15) is 22.8 Å². The van der Waals surface area contributed by atoms with E-state index in [1.165, 1.54) is 0 Å². The number of thiazole rings is 1. The molecule has 0 atom stereocenters. The summed E-state index contributed by atoms with van der Waals surface area (Å²) >= 11 is 1.63. The Balaban J connectivity index is 2.34. The lowest BCUT2D eigenvalue weighted by Crippen LogP contribution is -2.07. The van der Waals surface area contributed by atoms with E-state index in [1.54, 1.807) is 11.3 Å². The highest BCUT2D eigenvalue weighted by Crippen LogP contribution is 2.28. The highest BCUT2D eigenvalue weighted by molar-refractivity contribution is 7.09. The predicted octanol–water partition coefficient (Wildman–Crippen LogP) is 3.01. The van der Waals surface area contributed by atoms with E-state index in [0.717, 1.165) is 27.7 Å². The van der Waals surface area contributed by atoms with Gasteiger partial charge in [-0.25, -0.2) is 4.98 Å². The number of hydrogen-bond acceptors (Lipinski definition) is 3. The fourth-order valence-corrected chi connectivity index (χ4v) is 2.71. The molecule has 0 unspecified atom stereocenters. The number of carbonyl (C=O) groups is 1. The number of aromatic nitrogens is 2. The van der Waals surface area contributed by atoms with Crippen LogP contribution in [0.15, 0.2) is 11.4 Å². The first-order valence-electron chi connectivity index (χ1n) is 5.80. The van der Waals surface area contributed by atoms with Crippen molar-refractivity contribution in [3.8, 4) is 11.3 Å². The van der Waals surface area contributed by atoms with Crippen LogP contribution in [-0.4, -0.2) is 20.6 Å². The molecular weight excluding hydrogens is 248 g/mol. The van der Waals surface area contributed by atoms with Crippen LogP contribution in [0.25, 0.3) is 11.3 Å².